The largest absolute Gasteiger partial charge is 0.355 e. The summed E-state index contributed by atoms with van der Waals surface area (Å²) < 4.78 is 0. The van der Waals surface area contributed by atoms with Crippen LogP contribution in [0, 0.1) is 0 Å². The molecule has 7 nitrogen and oxygen atoms in total. The van der Waals surface area contributed by atoms with Gasteiger partial charge >= 0.3 is 6.03 Å². The molecule has 0 saturated carbocycles. The fourth-order valence-corrected chi connectivity index (χ4v) is 1.95. The first-order valence-corrected chi connectivity index (χ1v) is 8.03. The van der Waals surface area contributed by atoms with Crippen molar-refractivity contribution in [1.29, 1.82) is 0 Å². The lowest BCUT2D eigenvalue weighted by Crippen LogP contribution is -2.38. The third kappa shape index (κ3) is 6.68. The lowest BCUT2D eigenvalue weighted by atomic mass is 10.2. The second-order valence-corrected chi connectivity index (χ2v) is 5.84. The van der Waals surface area contributed by atoms with E-state index in [2.05, 4.69) is 16.0 Å². The monoisotopic (exact) mass is 334 g/mol. The third-order valence-corrected chi connectivity index (χ3v) is 3.11. The van der Waals surface area contributed by atoms with E-state index in [1.165, 1.54) is 4.90 Å². The van der Waals surface area contributed by atoms with E-state index < -0.39 is 0 Å². The van der Waals surface area contributed by atoms with Crippen molar-refractivity contribution in [3.63, 3.8) is 0 Å². The Hall–Kier alpha value is -2.57. The second kappa shape index (κ2) is 9.54. The van der Waals surface area contributed by atoms with Gasteiger partial charge in [0.2, 0.25) is 5.91 Å². The first-order chi connectivity index (χ1) is 11.3. The zero-order chi connectivity index (χ0) is 18.1. The summed E-state index contributed by atoms with van der Waals surface area (Å²) >= 11 is 0. The molecule has 0 heterocycles. The molecule has 0 saturated heterocycles. The van der Waals surface area contributed by atoms with Crippen LogP contribution < -0.4 is 16.0 Å². The summed E-state index contributed by atoms with van der Waals surface area (Å²) in [7, 11) is 1.58. The Morgan fingerprint density at radius 3 is 2.29 bits per heavy atom. The summed E-state index contributed by atoms with van der Waals surface area (Å²) in [6, 6.07) is 6.28. The Morgan fingerprint density at radius 2 is 1.75 bits per heavy atom. The minimum absolute atomic E-state index is 0.00955. The molecule has 1 rings (SSSR count). The average molecular weight is 334 g/mol. The molecule has 132 valence electrons. The van der Waals surface area contributed by atoms with Crippen molar-refractivity contribution in [3.05, 3.63) is 29.8 Å². The molecule has 0 aliphatic heterocycles. The molecule has 3 N–H and O–H groups in total. The van der Waals surface area contributed by atoms with Crippen LogP contribution in [0.15, 0.2) is 24.3 Å². The van der Waals surface area contributed by atoms with E-state index in [0.717, 1.165) is 6.42 Å². The molecule has 24 heavy (non-hydrogen) atoms. The van der Waals surface area contributed by atoms with Crippen LogP contribution in [-0.4, -0.2) is 48.9 Å². The number of nitrogens with one attached hydrogen (secondary N) is 3. The van der Waals surface area contributed by atoms with Crippen LogP contribution in [-0.2, 0) is 4.79 Å². The fraction of sp³-hybridized carbons (Fsp3) is 0.471. The highest BCUT2D eigenvalue weighted by Gasteiger charge is 2.14. The number of hydrogen-bond donors (Lipinski definition) is 3. The number of amides is 4. The van der Waals surface area contributed by atoms with Gasteiger partial charge in [0.15, 0.2) is 0 Å². The highest BCUT2D eigenvalue weighted by molar-refractivity contribution is 5.97. The van der Waals surface area contributed by atoms with Gasteiger partial charge in [0.1, 0.15) is 0 Å². The van der Waals surface area contributed by atoms with E-state index in [1.807, 2.05) is 20.8 Å². The number of rotatable bonds is 7. The minimum atomic E-state index is -0.297. The van der Waals surface area contributed by atoms with Crippen molar-refractivity contribution >= 4 is 23.5 Å². The van der Waals surface area contributed by atoms with Crippen LogP contribution in [0.2, 0.25) is 0 Å². The van der Waals surface area contributed by atoms with Gasteiger partial charge in [-0.3, -0.25) is 9.59 Å². The summed E-state index contributed by atoms with van der Waals surface area (Å²) in [5.74, 6) is -0.434. The van der Waals surface area contributed by atoms with Gasteiger partial charge in [-0.1, -0.05) is 6.92 Å². The molecular weight excluding hydrogens is 308 g/mol. The summed E-state index contributed by atoms with van der Waals surface area (Å²) in [5.41, 5.74) is 1.05. The lowest BCUT2D eigenvalue weighted by molar-refractivity contribution is -0.121. The van der Waals surface area contributed by atoms with Gasteiger partial charge in [-0.2, -0.15) is 0 Å². The van der Waals surface area contributed by atoms with Crippen LogP contribution in [0.1, 0.15) is 37.6 Å². The van der Waals surface area contributed by atoms with Crippen LogP contribution >= 0.6 is 0 Å². The maximum atomic E-state index is 12.3. The van der Waals surface area contributed by atoms with E-state index in [1.54, 1.807) is 31.3 Å². The van der Waals surface area contributed by atoms with Crippen molar-refractivity contribution < 1.29 is 14.4 Å². The molecule has 1 aromatic rings. The van der Waals surface area contributed by atoms with Gasteiger partial charge < -0.3 is 20.9 Å². The smallest absolute Gasteiger partial charge is 0.319 e. The Morgan fingerprint density at radius 1 is 1.12 bits per heavy atom. The zero-order valence-corrected chi connectivity index (χ0v) is 14.7. The standard InChI is InChI=1S/C17H26N4O3/c1-5-10-18-15(22)11-21(4)16(23)13-6-8-14(9-7-13)20-17(24)19-12(2)3/h6-9,12H,5,10-11H2,1-4H3,(H,18,22)(H2,19,20,24). The van der Waals surface area contributed by atoms with E-state index in [-0.39, 0.29) is 30.4 Å². The molecule has 0 aromatic heterocycles. The fourth-order valence-electron chi connectivity index (χ4n) is 1.95. The quantitative estimate of drug-likeness (QED) is 0.710. The highest BCUT2D eigenvalue weighted by atomic mass is 16.2. The van der Waals surface area contributed by atoms with E-state index in [0.29, 0.717) is 17.8 Å². The van der Waals surface area contributed by atoms with E-state index in [9.17, 15) is 14.4 Å². The normalized spacial score (nSPS) is 10.2. The lowest BCUT2D eigenvalue weighted by Gasteiger charge is -2.17. The number of carbonyl (C=O) groups is 3. The van der Waals surface area contributed by atoms with Gasteiger partial charge in [0, 0.05) is 30.9 Å². The van der Waals surface area contributed by atoms with Crippen molar-refractivity contribution in [3.8, 4) is 0 Å². The molecule has 0 unspecified atom stereocenters. The molecule has 0 fully saturated rings. The summed E-state index contributed by atoms with van der Waals surface area (Å²) in [6.45, 7) is 6.31. The third-order valence-electron chi connectivity index (χ3n) is 3.11. The second-order valence-electron chi connectivity index (χ2n) is 5.84. The van der Waals surface area contributed by atoms with Crippen molar-refractivity contribution in [2.75, 3.05) is 25.5 Å². The number of carbonyl (C=O) groups excluding carboxylic acids is 3. The molecule has 0 aliphatic rings. The predicted octanol–water partition coefficient (Wildman–Crippen LogP) is 1.81. The molecule has 1 aromatic carbocycles. The Balaban J connectivity index is 2.59. The van der Waals surface area contributed by atoms with Gasteiger partial charge in [-0.15, -0.1) is 0 Å². The van der Waals surface area contributed by atoms with E-state index in [4.69, 9.17) is 0 Å². The van der Waals surface area contributed by atoms with Gasteiger partial charge in [-0.05, 0) is 44.5 Å². The zero-order valence-electron chi connectivity index (χ0n) is 14.7. The molecule has 0 radical (unpaired) electrons. The molecule has 0 spiro atoms. The average Bonchev–Trinajstić information content (AvgIpc) is 2.52. The first-order valence-electron chi connectivity index (χ1n) is 8.03. The number of hydrogen-bond acceptors (Lipinski definition) is 3. The Kier molecular flexibility index (Phi) is 7.74. The molecule has 4 amide bonds. The Labute approximate surface area is 142 Å². The van der Waals surface area contributed by atoms with Crippen LogP contribution in [0.4, 0.5) is 10.5 Å². The number of anilines is 1. The number of likely N-dealkylation sites (N-methyl/N-ethyl adjacent to an activating group) is 1. The highest BCUT2D eigenvalue weighted by Crippen LogP contribution is 2.11. The maximum Gasteiger partial charge on any atom is 0.319 e. The SMILES string of the molecule is CCCNC(=O)CN(C)C(=O)c1ccc(NC(=O)NC(C)C)cc1. The summed E-state index contributed by atoms with van der Waals surface area (Å²) in [5, 5.41) is 8.13. The number of benzene rings is 1. The van der Waals surface area contributed by atoms with Crippen molar-refractivity contribution in [2.24, 2.45) is 0 Å². The van der Waals surface area contributed by atoms with Gasteiger partial charge in [0.05, 0.1) is 6.54 Å². The molecule has 0 bridgehead atoms. The molecular formula is C17H26N4O3. The summed E-state index contributed by atoms with van der Waals surface area (Å²) in [6.07, 6.45) is 0.849. The van der Waals surface area contributed by atoms with Gasteiger partial charge in [-0.25, -0.2) is 4.79 Å². The van der Waals surface area contributed by atoms with Crippen LogP contribution in [0.3, 0.4) is 0 Å². The Bertz CT molecular complexity index is 570. The van der Waals surface area contributed by atoms with Crippen LogP contribution in [0.5, 0.6) is 0 Å². The molecule has 0 atom stereocenters. The molecule has 7 heteroatoms. The minimum Gasteiger partial charge on any atom is -0.355 e. The van der Waals surface area contributed by atoms with Gasteiger partial charge in [0.25, 0.3) is 5.91 Å². The van der Waals surface area contributed by atoms with Crippen molar-refractivity contribution in [2.45, 2.75) is 33.2 Å². The van der Waals surface area contributed by atoms with E-state index >= 15 is 0 Å². The first kappa shape index (κ1) is 19.5. The number of nitrogens with zero attached hydrogens (tertiary/aromatic N) is 1. The van der Waals surface area contributed by atoms with Crippen LogP contribution in [0.25, 0.3) is 0 Å². The topological polar surface area (TPSA) is 90.5 Å². The van der Waals surface area contributed by atoms with Crippen molar-refractivity contribution in [1.82, 2.24) is 15.5 Å². The summed E-state index contributed by atoms with van der Waals surface area (Å²) in [4.78, 5) is 36.9. The molecule has 0 aliphatic carbocycles. The predicted molar refractivity (Wildman–Crippen MR) is 94.0 cm³/mol. The maximum absolute atomic E-state index is 12.3. The number of urea groups is 1.